The highest BCUT2D eigenvalue weighted by molar-refractivity contribution is 5.84. The van der Waals surface area contributed by atoms with Gasteiger partial charge in [-0.15, -0.1) is 6.42 Å². The van der Waals surface area contributed by atoms with E-state index in [1.54, 1.807) is 24.3 Å². The van der Waals surface area contributed by atoms with Gasteiger partial charge in [-0.3, -0.25) is 5.32 Å². The fraction of sp³-hybridized carbons (Fsp3) is 0.150. The summed E-state index contributed by atoms with van der Waals surface area (Å²) in [5.74, 6) is 2.35. The summed E-state index contributed by atoms with van der Waals surface area (Å²) in [5, 5.41) is 2.62. The highest BCUT2D eigenvalue weighted by atomic mass is 19.1. The first kappa shape index (κ1) is 18.1. The van der Waals surface area contributed by atoms with Gasteiger partial charge >= 0.3 is 6.09 Å². The highest BCUT2D eigenvalue weighted by Gasteiger charge is 2.08. The van der Waals surface area contributed by atoms with Gasteiger partial charge in [0.05, 0.1) is 6.54 Å². The van der Waals surface area contributed by atoms with Crippen molar-refractivity contribution in [3.8, 4) is 12.3 Å². The third-order valence-corrected chi connectivity index (χ3v) is 3.38. The van der Waals surface area contributed by atoms with Crippen LogP contribution in [0, 0.1) is 18.2 Å². The second-order valence-corrected chi connectivity index (χ2v) is 5.25. The number of nitrogens with one attached hydrogen (secondary N) is 1. The molecular weight excluding hydrogens is 319 g/mol. The van der Waals surface area contributed by atoms with Crippen LogP contribution in [0.15, 0.2) is 61.2 Å². The van der Waals surface area contributed by atoms with Crippen molar-refractivity contribution in [3.05, 3.63) is 72.6 Å². The fourth-order valence-electron chi connectivity index (χ4n) is 2.20. The standard InChI is InChI=1S/C20H19FN2O2/c1-3-13-23(15-16-5-7-17(21)8-6-16)19-11-9-18(10-12-19)22-20(24)25-14-4-2/h1,4-12H,2,13-15H2,(H,22,24). The van der Waals surface area contributed by atoms with Crippen LogP contribution >= 0.6 is 0 Å². The Labute approximate surface area is 146 Å². The number of terminal acetylenes is 1. The maximum atomic E-state index is 13.0. The van der Waals surface area contributed by atoms with Gasteiger partial charge in [0.1, 0.15) is 12.4 Å². The molecule has 0 aromatic heterocycles. The van der Waals surface area contributed by atoms with Gasteiger partial charge in [0.2, 0.25) is 0 Å². The van der Waals surface area contributed by atoms with Crippen LogP contribution in [0.1, 0.15) is 5.56 Å². The predicted molar refractivity (Wildman–Crippen MR) is 97.9 cm³/mol. The van der Waals surface area contributed by atoms with Crippen LogP contribution in [0.2, 0.25) is 0 Å². The van der Waals surface area contributed by atoms with Crippen LogP contribution in [-0.2, 0) is 11.3 Å². The van der Waals surface area contributed by atoms with Crippen molar-refractivity contribution in [1.82, 2.24) is 0 Å². The molecule has 0 fully saturated rings. The van der Waals surface area contributed by atoms with Crippen molar-refractivity contribution in [2.24, 2.45) is 0 Å². The number of nitrogens with zero attached hydrogens (tertiary/aromatic N) is 1. The van der Waals surface area contributed by atoms with Gasteiger partial charge in [0.15, 0.2) is 0 Å². The van der Waals surface area contributed by atoms with Crippen molar-refractivity contribution in [2.45, 2.75) is 6.54 Å². The van der Waals surface area contributed by atoms with Gasteiger partial charge in [-0.25, -0.2) is 9.18 Å². The second kappa shape index (κ2) is 9.14. The number of ether oxygens (including phenoxy) is 1. The van der Waals surface area contributed by atoms with Crippen LogP contribution in [0.5, 0.6) is 0 Å². The van der Waals surface area contributed by atoms with Crippen LogP contribution in [0.4, 0.5) is 20.6 Å². The third-order valence-electron chi connectivity index (χ3n) is 3.38. The zero-order valence-corrected chi connectivity index (χ0v) is 13.7. The maximum Gasteiger partial charge on any atom is 0.411 e. The Morgan fingerprint density at radius 3 is 2.52 bits per heavy atom. The Hall–Kier alpha value is -3.26. The lowest BCUT2D eigenvalue weighted by Gasteiger charge is -2.23. The molecule has 0 aliphatic carbocycles. The van der Waals surface area contributed by atoms with E-state index in [0.29, 0.717) is 18.8 Å². The minimum absolute atomic E-state index is 0.150. The molecule has 0 atom stereocenters. The van der Waals surface area contributed by atoms with Gasteiger partial charge in [0, 0.05) is 17.9 Å². The Morgan fingerprint density at radius 1 is 1.24 bits per heavy atom. The lowest BCUT2D eigenvalue weighted by Crippen LogP contribution is -2.23. The summed E-state index contributed by atoms with van der Waals surface area (Å²) < 4.78 is 17.9. The molecule has 1 N–H and O–H groups in total. The lowest BCUT2D eigenvalue weighted by atomic mass is 10.2. The number of benzene rings is 2. The van der Waals surface area contributed by atoms with Gasteiger partial charge in [-0.1, -0.05) is 30.7 Å². The van der Waals surface area contributed by atoms with Crippen LogP contribution in [0.3, 0.4) is 0 Å². The molecule has 0 spiro atoms. The van der Waals surface area contributed by atoms with E-state index in [1.165, 1.54) is 18.2 Å². The van der Waals surface area contributed by atoms with Crippen molar-refractivity contribution < 1.29 is 13.9 Å². The molecule has 0 heterocycles. The molecule has 0 aliphatic heterocycles. The van der Waals surface area contributed by atoms with Crippen molar-refractivity contribution >= 4 is 17.5 Å². The molecule has 5 heteroatoms. The monoisotopic (exact) mass is 338 g/mol. The number of hydrogen-bond acceptors (Lipinski definition) is 3. The molecule has 2 aromatic rings. The van der Waals surface area contributed by atoms with Gasteiger partial charge in [-0.2, -0.15) is 0 Å². The number of halogens is 1. The first-order valence-corrected chi connectivity index (χ1v) is 7.70. The summed E-state index contributed by atoms with van der Waals surface area (Å²) in [6.07, 6.45) is 6.41. The summed E-state index contributed by atoms with van der Waals surface area (Å²) in [5.41, 5.74) is 2.46. The van der Waals surface area contributed by atoms with Crippen LogP contribution in [0.25, 0.3) is 0 Å². The molecule has 0 saturated heterocycles. The summed E-state index contributed by atoms with van der Waals surface area (Å²) in [6.45, 7) is 4.59. The number of hydrogen-bond donors (Lipinski definition) is 1. The van der Waals surface area contributed by atoms with E-state index in [9.17, 15) is 9.18 Å². The van der Waals surface area contributed by atoms with E-state index in [-0.39, 0.29) is 12.4 Å². The molecule has 0 saturated carbocycles. The molecule has 1 amide bonds. The van der Waals surface area contributed by atoms with Crippen molar-refractivity contribution in [2.75, 3.05) is 23.4 Å². The molecule has 0 bridgehead atoms. The molecular formula is C20H19FN2O2. The molecule has 2 rings (SSSR count). The number of amides is 1. The Kier molecular flexibility index (Phi) is 6.61. The molecule has 128 valence electrons. The van der Waals surface area contributed by atoms with E-state index < -0.39 is 6.09 Å². The normalized spacial score (nSPS) is 9.76. The largest absolute Gasteiger partial charge is 0.445 e. The number of anilines is 2. The van der Waals surface area contributed by atoms with E-state index in [0.717, 1.165) is 11.3 Å². The Bertz CT molecular complexity index is 749. The zero-order chi connectivity index (χ0) is 18.1. The fourth-order valence-corrected chi connectivity index (χ4v) is 2.20. The molecule has 2 aromatic carbocycles. The number of rotatable bonds is 7. The molecule has 0 unspecified atom stereocenters. The molecule has 25 heavy (non-hydrogen) atoms. The quantitative estimate of drug-likeness (QED) is 0.608. The first-order chi connectivity index (χ1) is 12.1. The summed E-state index contributed by atoms with van der Waals surface area (Å²) in [7, 11) is 0. The maximum absolute atomic E-state index is 13.0. The molecule has 0 aliphatic rings. The van der Waals surface area contributed by atoms with E-state index >= 15 is 0 Å². The number of carbonyl (C=O) groups excluding carboxylic acids is 1. The molecule has 4 nitrogen and oxygen atoms in total. The van der Waals surface area contributed by atoms with Crippen LogP contribution in [-0.4, -0.2) is 19.2 Å². The first-order valence-electron chi connectivity index (χ1n) is 7.70. The zero-order valence-electron chi connectivity index (χ0n) is 13.7. The summed E-state index contributed by atoms with van der Waals surface area (Å²) in [4.78, 5) is 13.5. The SMILES string of the molecule is C#CCN(Cc1ccc(F)cc1)c1ccc(NC(=O)OCC=C)cc1. The van der Waals surface area contributed by atoms with Gasteiger partial charge in [-0.05, 0) is 42.0 Å². The van der Waals surface area contributed by atoms with Gasteiger partial charge in [0.25, 0.3) is 0 Å². The van der Waals surface area contributed by atoms with E-state index in [2.05, 4.69) is 17.8 Å². The Balaban J connectivity index is 2.05. The summed E-state index contributed by atoms with van der Waals surface area (Å²) in [6, 6.07) is 13.5. The van der Waals surface area contributed by atoms with Crippen molar-refractivity contribution in [3.63, 3.8) is 0 Å². The highest BCUT2D eigenvalue weighted by Crippen LogP contribution is 2.20. The predicted octanol–water partition coefficient (Wildman–Crippen LogP) is 4.20. The third kappa shape index (κ3) is 5.70. The minimum Gasteiger partial charge on any atom is -0.445 e. The summed E-state index contributed by atoms with van der Waals surface area (Å²) >= 11 is 0. The van der Waals surface area contributed by atoms with Crippen LogP contribution < -0.4 is 10.2 Å². The average molecular weight is 338 g/mol. The topological polar surface area (TPSA) is 41.6 Å². The second-order valence-electron chi connectivity index (χ2n) is 5.25. The lowest BCUT2D eigenvalue weighted by molar-refractivity contribution is 0.174. The van der Waals surface area contributed by atoms with Crippen molar-refractivity contribution in [1.29, 1.82) is 0 Å². The number of carbonyl (C=O) groups is 1. The minimum atomic E-state index is -0.542. The average Bonchev–Trinajstić information content (AvgIpc) is 2.62. The van der Waals surface area contributed by atoms with E-state index in [1.807, 2.05) is 17.0 Å². The Morgan fingerprint density at radius 2 is 1.92 bits per heavy atom. The van der Waals surface area contributed by atoms with E-state index in [4.69, 9.17) is 11.2 Å². The smallest absolute Gasteiger partial charge is 0.411 e. The van der Waals surface area contributed by atoms with Gasteiger partial charge < -0.3 is 9.64 Å². The molecule has 0 radical (unpaired) electrons.